The van der Waals surface area contributed by atoms with Crippen molar-refractivity contribution in [1.82, 2.24) is 5.43 Å². The molecule has 0 saturated carbocycles. The number of hydrogen-bond donors (Lipinski definition) is 1. The van der Waals surface area contributed by atoms with E-state index in [1.165, 1.54) is 0 Å². The van der Waals surface area contributed by atoms with Crippen LogP contribution in [0.1, 0.15) is 27.4 Å². The molecule has 0 aliphatic rings. The highest BCUT2D eigenvalue weighted by molar-refractivity contribution is 6.05. The molecule has 0 spiro atoms. The van der Waals surface area contributed by atoms with Crippen molar-refractivity contribution in [3.63, 3.8) is 0 Å². The van der Waals surface area contributed by atoms with E-state index in [2.05, 4.69) is 15.5 Å². The summed E-state index contributed by atoms with van der Waals surface area (Å²) in [4.78, 5) is 16.5. The van der Waals surface area contributed by atoms with Gasteiger partial charge in [0.15, 0.2) is 5.84 Å². The number of carbonyl (C=O) groups excluding carboxylic acids is 1. The van der Waals surface area contributed by atoms with Crippen LogP contribution < -0.4 is 5.43 Å². The van der Waals surface area contributed by atoms with Crippen molar-refractivity contribution in [1.29, 1.82) is 0 Å². The van der Waals surface area contributed by atoms with Gasteiger partial charge >= 0.3 is 0 Å². The zero-order valence-electron chi connectivity index (χ0n) is 13.7. The summed E-state index contributed by atoms with van der Waals surface area (Å²) in [6.45, 7) is 1.86. The third-order valence-corrected chi connectivity index (χ3v) is 3.41. The van der Waals surface area contributed by atoms with Crippen LogP contribution in [0.5, 0.6) is 0 Å². The third kappa shape index (κ3) is 4.51. The van der Waals surface area contributed by atoms with Crippen molar-refractivity contribution < 1.29 is 9.21 Å². The molecule has 0 fully saturated rings. The first-order chi connectivity index (χ1) is 12.2. The van der Waals surface area contributed by atoms with Crippen LogP contribution in [-0.2, 0) is 0 Å². The van der Waals surface area contributed by atoms with Crippen molar-refractivity contribution in [2.45, 2.75) is 6.92 Å². The molecule has 5 nitrogen and oxygen atoms in total. The number of hydrogen-bond acceptors (Lipinski definition) is 3. The molecule has 5 heteroatoms. The number of nitrogens with one attached hydrogen (secondary N) is 1. The number of hydrazone groups is 1. The fraction of sp³-hybridized carbons (Fsp3) is 0.0500. The maximum Gasteiger partial charge on any atom is 0.271 e. The first-order valence-corrected chi connectivity index (χ1v) is 7.81. The van der Waals surface area contributed by atoms with Crippen LogP contribution in [-0.4, -0.2) is 18.0 Å². The Balaban J connectivity index is 1.83. The molecule has 0 saturated heterocycles. The fourth-order valence-corrected chi connectivity index (χ4v) is 2.16. The molecule has 3 rings (SSSR count). The number of aliphatic imine (C=N–C) groups is 1. The first-order valence-electron chi connectivity index (χ1n) is 7.81. The predicted molar refractivity (Wildman–Crippen MR) is 97.9 cm³/mol. The highest BCUT2D eigenvalue weighted by Crippen LogP contribution is 2.06. The third-order valence-electron chi connectivity index (χ3n) is 3.41. The number of rotatable bonds is 4. The van der Waals surface area contributed by atoms with Gasteiger partial charge in [-0.3, -0.25) is 4.79 Å². The second-order valence-corrected chi connectivity index (χ2v) is 5.32. The molecule has 1 N–H and O–H groups in total. The molecule has 0 aliphatic carbocycles. The Bertz CT molecular complexity index is 897. The molecule has 0 unspecified atom stereocenters. The number of aryl methyl sites for hydroxylation is 1. The average molecular weight is 331 g/mol. The Morgan fingerprint density at radius 2 is 1.56 bits per heavy atom. The Labute approximate surface area is 145 Å². The van der Waals surface area contributed by atoms with Gasteiger partial charge < -0.3 is 4.42 Å². The molecule has 1 heterocycles. The van der Waals surface area contributed by atoms with E-state index < -0.39 is 0 Å². The molecule has 3 aromatic rings. The fourth-order valence-electron chi connectivity index (χ4n) is 2.16. The molecular weight excluding hydrogens is 314 g/mol. The molecule has 0 bridgehead atoms. The van der Waals surface area contributed by atoms with E-state index in [1.807, 2.05) is 55.5 Å². The number of nitrogens with zero attached hydrogens (tertiary/aromatic N) is 2. The number of benzene rings is 2. The van der Waals surface area contributed by atoms with E-state index in [4.69, 9.17) is 4.42 Å². The standard InChI is InChI=1S/C20H17N3O2/c1-15-12-13-18(25-15)14-21-19(16-8-4-2-5-9-16)22-23-20(24)17-10-6-3-7-11-17/h2-14H,1H3,(H,23,24)/b21-14?,22-19+. The quantitative estimate of drug-likeness (QED) is 0.449. The van der Waals surface area contributed by atoms with Gasteiger partial charge in [-0.25, -0.2) is 10.4 Å². The predicted octanol–water partition coefficient (Wildman–Crippen LogP) is 3.80. The van der Waals surface area contributed by atoms with Gasteiger partial charge in [0.25, 0.3) is 5.91 Å². The molecule has 0 atom stereocenters. The van der Waals surface area contributed by atoms with E-state index in [9.17, 15) is 4.79 Å². The summed E-state index contributed by atoms with van der Waals surface area (Å²) >= 11 is 0. The zero-order chi connectivity index (χ0) is 17.5. The number of furan rings is 1. The average Bonchev–Trinajstić information content (AvgIpc) is 3.08. The summed E-state index contributed by atoms with van der Waals surface area (Å²) < 4.78 is 5.47. The monoisotopic (exact) mass is 331 g/mol. The molecule has 1 aromatic heterocycles. The molecular formula is C20H17N3O2. The van der Waals surface area contributed by atoms with Gasteiger partial charge in [0.1, 0.15) is 11.5 Å². The lowest BCUT2D eigenvalue weighted by Crippen LogP contribution is -2.19. The van der Waals surface area contributed by atoms with Crippen LogP contribution in [0.2, 0.25) is 0 Å². The Morgan fingerprint density at radius 3 is 2.16 bits per heavy atom. The second-order valence-electron chi connectivity index (χ2n) is 5.32. The minimum atomic E-state index is -0.293. The van der Waals surface area contributed by atoms with Crippen LogP contribution in [0.15, 0.2) is 87.3 Å². The van der Waals surface area contributed by atoms with Crippen molar-refractivity contribution in [3.05, 3.63) is 95.4 Å². The summed E-state index contributed by atoms with van der Waals surface area (Å²) in [7, 11) is 0. The SMILES string of the molecule is Cc1ccc(C=N/C(=N/NC(=O)c2ccccc2)c2ccccc2)o1. The number of amides is 1. The number of carbonyl (C=O) groups is 1. The van der Waals surface area contributed by atoms with Gasteiger partial charge in [0, 0.05) is 11.1 Å². The maximum absolute atomic E-state index is 12.2. The van der Waals surface area contributed by atoms with Crippen LogP contribution in [0, 0.1) is 6.92 Å². The van der Waals surface area contributed by atoms with Crippen molar-refractivity contribution in [2.75, 3.05) is 0 Å². The molecule has 0 aliphatic heterocycles. The molecule has 0 radical (unpaired) electrons. The molecule has 1 amide bonds. The Morgan fingerprint density at radius 1 is 0.920 bits per heavy atom. The maximum atomic E-state index is 12.2. The normalized spacial score (nSPS) is 11.6. The van der Waals surface area contributed by atoms with E-state index in [0.717, 1.165) is 11.3 Å². The van der Waals surface area contributed by atoms with Gasteiger partial charge in [-0.2, -0.15) is 5.10 Å². The Kier molecular flexibility index (Phi) is 5.16. The van der Waals surface area contributed by atoms with Gasteiger partial charge in [-0.05, 0) is 31.2 Å². The lowest BCUT2D eigenvalue weighted by atomic mass is 10.2. The number of amidine groups is 1. The van der Waals surface area contributed by atoms with E-state index >= 15 is 0 Å². The Hall–Kier alpha value is -3.47. The van der Waals surface area contributed by atoms with Crippen molar-refractivity contribution in [3.8, 4) is 0 Å². The molecule has 124 valence electrons. The second kappa shape index (κ2) is 7.88. The van der Waals surface area contributed by atoms with Gasteiger partial charge in [0.05, 0.1) is 6.21 Å². The largest absolute Gasteiger partial charge is 0.460 e. The topological polar surface area (TPSA) is 67.0 Å². The minimum absolute atomic E-state index is 0.293. The highest BCUT2D eigenvalue weighted by Gasteiger charge is 2.06. The lowest BCUT2D eigenvalue weighted by molar-refractivity contribution is 0.0955. The van der Waals surface area contributed by atoms with Gasteiger partial charge in [-0.1, -0.05) is 48.5 Å². The summed E-state index contributed by atoms with van der Waals surface area (Å²) in [5.41, 5.74) is 3.86. The van der Waals surface area contributed by atoms with E-state index in [0.29, 0.717) is 17.2 Å². The zero-order valence-corrected chi connectivity index (χ0v) is 13.7. The van der Waals surface area contributed by atoms with Crippen LogP contribution in [0.3, 0.4) is 0 Å². The molecule has 2 aromatic carbocycles. The van der Waals surface area contributed by atoms with Crippen LogP contribution >= 0.6 is 0 Å². The summed E-state index contributed by atoms with van der Waals surface area (Å²) in [6, 6.07) is 22.0. The summed E-state index contributed by atoms with van der Waals surface area (Å²) in [5, 5.41) is 4.17. The summed E-state index contributed by atoms with van der Waals surface area (Å²) in [6.07, 6.45) is 1.58. The van der Waals surface area contributed by atoms with Gasteiger partial charge in [-0.15, -0.1) is 0 Å². The van der Waals surface area contributed by atoms with Gasteiger partial charge in [0.2, 0.25) is 0 Å². The van der Waals surface area contributed by atoms with E-state index in [-0.39, 0.29) is 5.91 Å². The van der Waals surface area contributed by atoms with Crippen LogP contribution in [0.4, 0.5) is 0 Å². The van der Waals surface area contributed by atoms with Crippen molar-refractivity contribution in [2.24, 2.45) is 10.1 Å². The first kappa shape index (κ1) is 16.4. The summed E-state index contributed by atoms with van der Waals surface area (Å²) in [5.74, 6) is 1.52. The van der Waals surface area contributed by atoms with E-state index in [1.54, 1.807) is 30.5 Å². The lowest BCUT2D eigenvalue weighted by Gasteiger charge is -2.03. The molecule has 25 heavy (non-hydrogen) atoms. The highest BCUT2D eigenvalue weighted by atomic mass is 16.3. The minimum Gasteiger partial charge on any atom is -0.460 e. The van der Waals surface area contributed by atoms with Crippen molar-refractivity contribution >= 4 is 18.0 Å². The van der Waals surface area contributed by atoms with Crippen LogP contribution in [0.25, 0.3) is 0 Å². The smallest absolute Gasteiger partial charge is 0.271 e.